The van der Waals surface area contributed by atoms with Crippen molar-refractivity contribution in [3.8, 4) is 11.5 Å². The summed E-state index contributed by atoms with van der Waals surface area (Å²) in [5.41, 5.74) is 1.78. The van der Waals surface area contributed by atoms with E-state index in [0.717, 1.165) is 6.42 Å². The first kappa shape index (κ1) is 15.8. The normalized spacial score (nSPS) is 13.8. The Balaban J connectivity index is 1.54. The Bertz CT molecular complexity index is 657. The van der Waals surface area contributed by atoms with Crippen LogP contribution in [-0.2, 0) is 0 Å². The standard InChI is InChI=1S/C17H19NO4S/c19-7-4-12(14-5-8-23-10-14)3-6-18-17(20)13-1-2-15-16(9-13)22-11-21-15/h1-2,5,8-10,12,19H,3-4,6-7,11H2,(H,18,20)/t12-/m1/s1. The molecule has 5 nitrogen and oxygen atoms in total. The first-order valence-electron chi connectivity index (χ1n) is 7.58. The number of ether oxygens (including phenoxy) is 2. The third-order valence-corrected chi connectivity index (χ3v) is 4.61. The minimum atomic E-state index is -0.128. The predicted molar refractivity (Wildman–Crippen MR) is 88.3 cm³/mol. The Hall–Kier alpha value is -2.05. The van der Waals surface area contributed by atoms with Crippen molar-refractivity contribution in [1.82, 2.24) is 5.32 Å². The maximum atomic E-state index is 12.2. The molecule has 1 aliphatic heterocycles. The second-order valence-corrected chi connectivity index (χ2v) is 6.16. The molecule has 6 heteroatoms. The van der Waals surface area contributed by atoms with Crippen molar-refractivity contribution in [3.63, 3.8) is 0 Å². The van der Waals surface area contributed by atoms with Crippen molar-refractivity contribution in [2.45, 2.75) is 18.8 Å². The number of hydrogen-bond donors (Lipinski definition) is 2. The fraction of sp³-hybridized carbons (Fsp3) is 0.353. The zero-order valence-corrected chi connectivity index (χ0v) is 13.5. The number of benzene rings is 1. The Morgan fingerprint density at radius 3 is 2.91 bits per heavy atom. The zero-order chi connectivity index (χ0) is 16.1. The molecule has 1 aromatic carbocycles. The van der Waals surface area contributed by atoms with Crippen LogP contribution in [0.1, 0.15) is 34.7 Å². The first-order valence-corrected chi connectivity index (χ1v) is 8.53. The molecule has 1 atom stereocenters. The summed E-state index contributed by atoms with van der Waals surface area (Å²) in [4.78, 5) is 12.2. The van der Waals surface area contributed by atoms with Gasteiger partial charge in [-0.05, 0) is 59.3 Å². The first-order chi connectivity index (χ1) is 11.3. The highest BCUT2D eigenvalue weighted by atomic mass is 32.1. The molecule has 2 N–H and O–H groups in total. The Morgan fingerprint density at radius 2 is 2.13 bits per heavy atom. The molecule has 0 bridgehead atoms. The summed E-state index contributed by atoms with van der Waals surface area (Å²) < 4.78 is 10.5. The monoisotopic (exact) mass is 333 g/mol. The van der Waals surface area contributed by atoms with Crippen LogP contribution in [0, 0.1) is 0 Å². The zero-order valence-electron chi connectivity index (χ0n) is 12.7. The number of nitrogens with one attached hydrogen (secondary N) is 1. The molecule has 0 spiro atoms. The SMILES string of the molecule is O=C(NCC[C@H](CCO)c1ccsc1)c1ccc2c(c1)OCO2. The van der Waals surface area contributed by atoms with Gasteiger partial charge in [-0.15, -0.1) is 0 Å². The van der Waals surface area contributed by atoms with E-state index >= 15 is 0 Å². The molecule has 1 aliphatic rings. The lowest BCUT2D eigenvalue weighted by atomic mass is 9.95. The number of carbonyl (C=O) groups excluding carboxylic acids is 1. The molecule has 1 amide bonds. The van der Waals surface area contributed by atoms with Gasteiger partial charge in [0, 0.05) is 18.7 Å². The Morgan fingerprint density at radius 1 is 1.26 bits per heavy atom. The summed E-state index contributed by atoms with van der Waals surface area (Å²) in [6.45, 7) is 0.911. The molecule has 2 aromatic rings. The maximum Gasteiger partial charge on any atom is 0.251 e. The molecule has 0 saturated heterocycles. The van der Waals surface area contributed by atoms with Gasteiger partial charge >= 0.3 is 0 Å². The summed E-state index contributed by atoms with van der Waals surface area (Å²) >= 11 is 1.65. The van der Waals surface area contributed by atoms with Gasteiger partial charge in [-0.1, -0.05) is 0 Å². The lowest BCUT2D eigenvalue weighted by Gasteiger charge is -2.15. The number of carbonyl (C=O) groups is 1. The van der Waals surface area contributed by atoms with Gasteiger partial charge in [0.15, 0.2) is 11.5 Å². The van der Waals surface area contributed by atoms with Crippen LogP contribution in [0.3, 0.4) is 0 Å². The molecular weight excluding hydrogens is 314 g/mol. The average molecular weight is 333 g/mol. The van der Waals surface area contributed by atoms with Crippen molar-refractivity contribution in [3.05, 3.63) is 46.2 Å². The molecule has 0 fully saturated rings. The topological polar surface area (TPSA) is 67.8 Å². The van der Waals surface area contributed by atoms with Crippen molar-refractivity contribution >= 4 is 17.2 Å². The molecule has 1 aromatic heterocycles. The second kappa shape index (κ2) is 7.48. The molecule has 0 radical (unpaired) electrons. The van der Waals surface area contributed by atoms with E-state index in [1.165, 1.54) is 5.56 Å². The highest BCUT2D eigenvalue weighted by Gasteiger charge is 2.17. The molecule has 3 rings (SSSR count). The third-order valence-electron chi connectivity index (χ3n) is 3.91. The van der Waals surface area contributed by atoms with Gasteiger partial charge in [-0.25, -0.2) is 0 Å². The number of aliphatic hydroxyl groups excluding tert-OH is 1. The molecule has 0 unspecified atom stereocenters. The highest BCUT2D eigenvalue weighted by Crippen LogP contribution is 2.32. The van der Waals surface area contributed by atoms with Crippen LogP contribution in [0.25, 0.3) is 0 Å². The number of thiophene rings is 1. The molecular formula is C17H19NO4S. The second-order valence-electron chi connectivity index (χ2n) is 5.38. The van der Waals surface area contributed by atoms with Gasteiger partial charge in [0.1, 0.15) is 0 Å². The number of hydrogen-bond acceptors (Lipinski definition) is 5. The predicted octanol–water partition coefficient (Wildman–Crippen LogP) is 2.76. The van der Waals surface area contributed by atoms with Crippen molar-refractivity contribution < 1.29 is 19.4 Å². The smallest absolute Gasteiger partial charge is 0.251 e. The van der Waals surface area contributed by atoms with E-state index < -0.39 is 0 Å². The van der Waals surface area contributed by atoms with Crippen LogP contribution in [0.5, 0.6) is 11.5 Å². The van der Waals surface area contributed by atoms with Crippen LogP contribution in [0.15, 0.2) is 35.0 Å². The summed E-state index contributed by atoms with van der Waals surface area (Å²) in [5.74, 6) is 1.41. The van der Waals surface area contributed by atoms with E-state index in [0.29, 0.717) is 30.0 Å². The van der Waals surface area contributed by atoms with Crippen molar-refractivity contribution in [2.24, 2.45) is 0 Å². The lowest BCUT2D eigenvalue weighted by molar-refractivity contribution is 0.0951. The van der Waals surface area contributed by atoms with Crippen LogP contribution in [0.2, 0.25) is 0 Å². The van der Waals surface area contributed by atoms with Crippen LogP contribution in [-0.4, -0.2) is 31.0 Å². The summed E-state index contributed by atoms with van der Waals surface area (Å²) in [5, 5.41) is 16.3. The van der Waals surface area contributed by atoms with Gasteiger partial charge in [-0.2, -0.15) is 11.3 Å². The Kier molecular flexibility index (Phi) is 5.15. The van der Waals surface area contributed by atoms with Gasteiger partial charge in [0.25, 0.3) is 5.91 Å². The minimum absolute atomic E-state index is 0.128. The van der Waals surface area contributed by atoms with Gasteiger partial charge in [0.05, 0.1) is 0 Å². The lowest BCUT2D eigenvalue weighted by Crippen LogP contribution is -2.25. The molecule has 0 aliphatic carbocycles. The van der Waals surface area contributed by atoms with E-state index in [1.54, 1.807) is 29.5 Å². The van der Waals surface area contributed by atoms with Crippen molar-refractivity contribution in [2.75, 3.05) is 19.9 Å². The van der Waals surface area contributed by atoms with Crippen molar-refractivity contribution in [1.29, 1.82) is 0 Å². The molecule has 23 heavy (non-hydrogen) atoms. The largest absolute Gasteiger partial charge is 0.454 e. The van der Waals surface area contributed by atoms with E-state index in [1.807, 2.05) is 5.38 Å². The summed E-state index contributed by atoms with van der Waals surface area (Å²) in [6.07, 6.45) is 1.50. The molecule has 2 heterocycles. The van der Waals surface area contributed by atoms with Gasteiger partial charge < -0.3 is 19.9 Å². The van der Waals surface area contributed by atoms with Crippen LogP contribution >= 0.6 is 11.3 Å². The fourth-order valence-electron chi connectivity index (χ4n) is 2.64. The number of rotatable bonds is 7. The van der Waals surface area contributed by atoms with Gasteiger partial charge in [-0.3, -0.25) is 4.79 Å². The van der Waals surface area contributed by atoms with E-state index in [-0.39, 0.29) is 25.2 Å². The number of fused-ring (bicyclic) bond motifs is 1. The third kappa shape index (κ3) is 3.83. The van der Waals surface area contributed by atoms with E-state index in [4.69, 9.17) is 9.47 Å². The van der Waals surface area contributed by atoms with Crippen LogP contribution < -0.4 is 14.8 Å². The fourth-order valence-corrected chi connectivity index (χ4v) is 3.38. The highest BCUT2D eigenvalue weighted by molar-refractivity contribution is 7.07. The van der Waals surface area contributed by atoms with E-state index in [9.17, 15) is 9.90 Å². The maximum absolute atomic E-state index is 12.2. The summed E-state index contributed by atoms with van der Waals surface area (Å²) in [7, 11) is 0. The Labute approximate surface area is 138 Å². The number of aliphatic hydroxyl groups is 1. The van der Waals surface area contributed by atoms with Gasteiger partial charge in [0.2, 0.25) is 6.79 Å². The quantitative estimate of drug-likeness (QED) is 0.817. The average Bonchev–Trinajstić information content (AvgIpc) is 3.24. The minimum Gasteiger partial charge on any atom is -0.454 e. The summed E-state index contributed by atoms with van der Waals surface area (Å²) in [6, 6.07) is 7.25. The molecule has 122 valence electrons. The van der Waals surface area contributed by atoms with Crippen LogP contribution in [0.4, 0.5) is 0 Å². The molecule has 0 saturated carbocycles. The number of amides is 1. The van der Waals surface area contributed by atoms with E-state index in [2.05, 4.69) is 16.8 Å².